The Hall–Kier alpha value is -0.830. The van der Waals surface area contributed by atoms with E-state index < -0.39 is 0 Å². The Morgan fingerprint density at radius 3 is 2.82 bits per heavy atom. The molecular weight excluding hydrogens is 232 g/mol. The minimum absolute atomic E-state index is 0.792. The van der Waals surface area contributed by atoms with Crippen molar-refractivity contribution >= 4 is 17.7 Å². The summed E-state index contributed by atoms with van der Waals surface area (Å²) in [6.07, 6.45) is 5.64. The molecule has 1 aromatic rings. The molecule has 0 atom stereocenters. The van der Waals surface area contributed by atoms with E-state index in [1.165, 1.54) is 18.5 Å². The highest BCUT2D eigenvalue weighted by Crippen LogP contribution is 2.10. The van der Waals surface area contributed by atoms with Crippen LogP contribution in [0, 0.1) is 0 Å². The average molecular weight is 251 g/mol. The van der Waals surface area contributed by atoms with E-state index >= 15 is 0 Å². The minimum Gasteiger partial charge on any atom is -0.315 e. The first kappa shape index (κ1) is 12.6. The number of nitrogens with one attached hydrogen (secondary N) is 1. The summed E-state index contributed by atoms with van der Waals surface area (Å²) in [7, 11) is 0. The van der Waals surface area contributed by atoms with Gasteiger partial charge in [0, 0.05) is 24.7 Å². The van der Waals surface area contributed by atoms with Crippen LogP contribution in [0.4, 0.5) is 0 Å². The van der Waals surface area contributed by atoms with Crippen molar-refractivity contribution in [1.29, 1.82) is 0 Å². The molecule has 0 bridgehead atoms. The SMILES string of the molecule is Clc1ccc(C=CCN2CCCNCC2)cc1. The van der Waals surface area contributed by atoms with Crippen LogP contribution in [0.2, 0.25) is 5.02 Å². The molecule has 92 valence electrons. The molecule has 1 aromatic carbocycles. The highest BCUT2D eigenvalue weighted by Gasteiger charge is 2.05. The molecule has 2 nitrogen and oxygen atoms in total. The molecule has 1 aliphatic rings. The molecule has 1 saturated heterocycles. The third kappa shape index (κ3) is 4.50. The van der Waals surface area contributed by atoms with Gasteiger partial charge in [-0.3, -0.25) is 4.90 Å². The third-order valence-corrected chi connectivity index (χ3v) is 3.23. The van der Waals surface area contributed by atoms with Crippen molar-refractivity contribution in [3.63, 3.8) is 0 Å². The average Bonchev–Trinajstić information content (AvgIpc) is 2.60. The lowest BCUT2D eigenvalue weighted by Gasteiger charge is -2.16. The van der Waals surface area contributed by atoms with Crippen LogP contribution in [-0.2, 0) is 0 Å². The first-order chi connectivity index (χ1) is 8.34. The lowest BCUT2D eigenvalue weighted by atomic mass is 10.2. The van der Waals surface area contributed by atoms with Crippen LogP contribution < -0.4 is 5.32 Å². The van der Waals surface area contributed by atoms with Crippen molar-refractivity contribution < 1.29 is 0 Å². The van der Waals surface area contributed by atoms with Crippen LogP contribution in [0.1, 0.15) is 12.0 Å². The summed E-state index contributed by atoms with van der Waals surface area (Å²) in [5.41, 5.74) is 1.21. The lowest BCUT2D eigenvalue weighted by Crippen LogP contribution is -2.28. The van der Waals surface area contributed by atoms with Gasteiger partial charge in [-0.1, -0.05) is 35.9 Å². The summed E-state index contributed by atoms with van der Waals surface area (Å²) < 4.78 is 0. The normalized spacial score (nSPS) is 18.4. The zero-order valence-corrected chi connectivity index (χ0v) is 10.8. The van der Waals surface area contributed by atoms with Gasteiger partial charge in [0.2, 0.25) is 0 Å². The molecule has 0 unspecified atom stereocenters. The van der Waals surface area contributed by atoms with Gasteiger partial charge in [0.1, 0.15) is 0 Å². The Morgan fingerprint density at radius 1 is 1.18 bits per heavy atom. The van der Waals surface area contributed by atoms with E-state index in [4.69, 9.17) is 11.6 Å². The predicted octanol–water partition coefficient (Wildman–Crippen LogP) is 2.65. The van der Waals surface area contributed by atoms with Crippen molar-refractivity contribution in [3.05, 3.63) is 40.9 Å². The van der Waals surface area contributed by atoms with Gasteiger partial charge >= 0.3 is 0 Å². The fraction of sp³-hybridized carbons (Fsp3) is 0.429. The number of halogens is 1. The summed E-state index contributed by atoms with van der Waals surface area (Å²) in [5.74, 6) is 0. The molecule has 0 aromatic heterocycles. The Balaban J connectivity index is 1.82. The Morgan fingerprint density at radius 2 is 2.00 bits per heavy atom. The first-order valence-electron chi connectivity index (χ1n) is 6.20. The molecule has 0 radical (unpaired) electrons. The van der Waals surface area contributed by atoms with Gasteiger partial charge in [-0.25, -0.2) is 0 Å². The molecule has 0 saturated carbocycles. The van der Waals surface area contributed by atoms with E-state index in [0.717, 1.165) is 31.2 Å². The number of rotatable bonds is 3. The molecule has 0 spiro atoms. The maximum Gasteiger partial charge on any atom is 0.0406 e. The van der Waals surface area contributed by atoms with Crippen molar-refractivity contribution in [2.24, 2.45) is 0 Å². The molecule has 0 aliphatic carbocycles. The van der Waals surface area contributed by atoms with Crippen LogP contribution in [0.3, 0.4) is 0 Å². The molecule has 0 amide bonds. The standard InChI is InChI=1S/C14H19ClN2/c15-14-6-4-13(5-7-14)3-1-10-17-11-2-8-16-9-12-17/h1,3-7,16H,2,8-12H2. The van der Waals surface area contributed by atoms with Crippen molar-refractivity contribution in [1.82, 2.24) is 10.2 Å². The first-order valence-corrected chi connectivity index (χ1v) is 6.57. The number of hydrogen-bond acceptors (Lipinski definition) is 2. The molecular formula is C14H19ClN2. The summed E-state index contributed by atoms with van der Waals surface area (Å²) in [6, 6.07) is 7.94. The summed E-state index contributed by atoms with van der Waals surface area (Å²) >= 11 is 5.85. The molecule has 3 heteroatoms. The maximum absolute atomic E-state index is 5.85. The zero-order valence-electron chi connectivity index (χ0n) is 10.0. The van der Waals surface area contributed by atoms with Crippen LogP contribution >= 0.6 is 11.6 Å². The second kappa shape index (κ2) is 6.80. The Labute approximate surface area is 108 Å². The number of hydrogen-bond donors (Lipinski definition) is 1. The van der Waals surface area contributed by atoms with E-state index in [2.05, 4.69) is 22.4 Å². The molecule has 2 rings (SSSR count). The maximum atomic E-state index is 5.85. The van der Waals surface area contributed by atoms with Gasteiger partial charge in [0.25, 0.3) is 0 Å². The number of nitrogens with zero attached hydrogens (tertiary/aromatic N) is 1. The van der Waals surface area contributed by atoms with Crippen LogP contribution in [-0.4, -0.2) is 37.6 Å². The Kier molecular flexibility index (Phi) is 5.05. The van der Waals surface area contributed by atoms with Crippen LogP contribution in [0.25, 0.3) is 6.08 Å². The molecule has 1 heterocycles. The van der Waals surface area contributed by atoms with Gasteiger partial charge in [-0.2, -0.15) is 0 Å². The smallest absolute Gasteiger partial charge is 0.0406 e. The van der Waals surface area contributed by atoms with E-state index in [1.54, 1.807) is 0 Å². The van der Waals surface area contributed by atoms with Crippen LogP contribution in [0.15, 0.2) is 30.3 Å². The summed E-state index contributed by atoms with van der Waals surface area (Å²) in [4.78, 5) is 2.48. The zero-order chi connectivity index (χ0) is 11.9. The van der Waals surface area contributed by atoms with Gasteiger partial charge in [0.15, 0.2) is 0 Å². The van der Waals surface area contributed by atoms with E-state index in [0.29, 0.717) is 0 Å². The van der Waals surface area contributed by atoms with Crippen molar-refractivity contribution in [2.75, 3.05) is 32.7 Å². The fourth-order valence-corrected chi connectivity index (χ4v) is 2.12. The molecule has 1 fully saturated rings. The third-order valence-electron chi connectivity index (χ3n) is 2.98. The molecule has 17 heavy (non-hydrogen) atoms. The topological polar surface area (TPSA) is 15.3 Å². The lowest BCUT2D eigenvalue weighted by molar-refractivity contribution is 0.324. The van der Waals surface area contributed by atoms with E-state index in [9.17, 15) is 0 Å². The van der Waals surface area contributed by atoms with Crippen molar-refractivity contribution in [3.8, 4) is 0 Å². The van der Waals surface area contributed by atoms with E-state index in [-0.39, 0.29) is 0 Å². The highest BCUT2D eigenvalue weighted by atomic mass is 35.5. The largest absolute Gasteiger partial charge is 0.315 e. The molecule has 1 aliphatic heterocycles. The summed E-state index contributed by atoms with van der Waals surface area (Å²) in [6.45, 7) is 5.62. The monoisotopic (exact) mass is 250 g/mol. The van der Waals surface area contributed by atoms with Gasteiger partial charge in [0.05, 0.1) is 0 Å². The predicted molar refractivity (Wildman–Crippen MR) is 74.4 cm³/mol. The fourth-order valence-electron chi connectivity index (χ4n) is 2.00. The quantitative estimate of drug-likeness (QED) is 0.887. The second-order valence-corrected chi connectivity index (χ2v) is 4.79. The molecule has 1 N–H and O–H groups in total. The van der Waals surface area contributed by atoms with Crippen molar-refractivity contribution in [2.45, 2.75) is 6.42 Å². The van der Waals surface area contributed by atoms with Gasteiger partial charge < -0.3 is 5.32 Å². The summed E-state index contributed by atoms with van der Waals surface area (Å²) in [5, 5.41) is 4.20. The minimum atomic E-state index is 0.792. The highest BCUT2D eigenvalue weighted by molar-refractivity contribution is 6.30. The van der Waals surface area contributed by atoms with Gasteiger partial charge in [-0.15, -0.1) is 0 Å². The van der Waals surface area contributed by atoms with Crippen LogP contribution in [0.5, 0.6) is 0 Å². The van der Waals surface area contributed by atoms with E-state index in [1.807, 2.05) is 24.3 Å². The number of benzene rings is 1. The van der Waals surface area contributed by atoms with Gasteiger partial charge in [-0.05, 0) is 37.2 Å². The Bertz CT molecular complexity index is 351. The second-order valence-electron chi connectivity index (χ2n) is 4.36.